The molecule has 0 spiro atoms. The molecule has 1 aliphatic carbocycles. The monoisotopic (exact) mass is 806 g/mol. The summed E-state index contributed by atoms with van der Waals surface area (Å²) in [7, 11) is 0. The molecule has 0 N–H and O–H groups in total. The van der Waals surface area contributed by atoms with E-state index in [-0.39, 0.29) is 5.41 Å². The van der Waals surface area contributed by atoms with Gasteiger partial charge in [-0.15, -0.1) is 0 Å². The second kappa shape index (κ2) is 15.8. The van der Waals surface area contributed by atoms with E-state index in [2.05, 4.69) is 266 Å². The number of fused-ring (bicyclic) bond motifs is 4. The Morgan fingerprint density at radius 3 is 1.17 bits per heavy atom. The summed E-state index contributed by atoms with van der Waals surface area (Å²) in [4.78, 5) is 4.73. The molecule has 0 fully saturated rings. The van der Waals surface area contributed by atoms with E-state index < -0.39 is 0 Å². The summed E-state index contributed by atoms with van der Waals surface area (Å²) in [6.45, 7) is 4.79. The van der Waals surface area contributed by atoms with Crippen LogP contribution in [-0.2, 0) is 5.41 Å². The molecular formula is C61H46N2. The van der Waals surface area contributed by atoms with Gasteiger partial charge in [-0.25, -0.2) is 0 Å². The van der Waals surface area contributed by atoms with Gasteiger partial charge in [0.15, 0.2) is 0 Å². The van der Waals surface area contributed by atoms with Gasteiger partial charge in [-0.3, -0.25) is 0 Å². The average Bonchev–Trinajstić information content (AvgIpc) is 3.57. The minimum atomic E-state index is -0.241. The van der Waals surface area contributed by atoms with Crippen LogP contribution < -0.4 is 9.80 Å². The number of rotatable bonds is 9. The zero-order chi connectivity index (χ0) is 42.3. The maximum absolute atomic E-state index is 2.44. The second-order valence-corrected chi connectivity index (χ2v) is 17.0. The SMILES string of the molecule is CC1(C)c2cc(N(c3ccccc3)c3ccc(-c4ccccc4)cc3)ccc2-c2c1cc1ccccc1c2-c1ccc(N(c2ccccc2)c2ccc(-c3ccccc3)cc2)cc1. The van der Waals surface area contributed by atoms with Gasteiger partial charge in [0.25, 0.3) is 0 Å². The van der Waals surface area contributed by atoms with Crippen molar-refractivity contribution in [1.82, 2.24) is 0 Å². The van der Waals surface area contributed by atoms with E-state index in [0.717, 1.165) is 34.1 Å². The van der Waals surface area contributed by atoms with Crippen LogP contribution in [-0.4, -0.2) is 0 Å². The summed E-state index contributed by atoms with van der Waals surface area (Å²) < 4.78 is 0. The van der Waals surface area contributed by atoms with Crippen molar-refractivity contribution in [3.05, 3.63) is 254 Å². The van der Waals surface area contributed by atoms with E-state index in [1.807, 2.05) is 0 Å². The zero-order valence-corrected chi connectivity index (χ0v) is 35.5. The van der Waals surface area contributed by atoms with Crippen LogP contribution in [0.25, 0.3) is 55.3 Å². The van der Waals surface area contributed by atoms with Gasteiger partial charge in [0.05, 0.1) is 0 Å². The highest BCUT2D eigenvalue weighted by atomic mass is 15.1. The average molecular weight is 807 g/mol. The van der Waals surface area contributed by atoms with Crippen LogP contribution in [0.15, 0.2) is 243 Å². The molecule has 1 aliphatic rings. The molecule has 0 amide bonds. The third kappa shape index (κ3) is 6.87. The Morgan fingerprint density at radius 2 is 0.667 bits per heavy atom. The Morgan fingerprint density at radius 1 is 0.286 bits per heavy atom. The van der Waals surface area contributed by atoms with Gasteiger partial charge in [0, 0.05) is 39.5 Å². The molecule has 0 aliphatic heterocycles. The third-order valence-corrected chi connectivity index (χ3v) is 12.8. The second-order valence-electron chi connectivity index (χ2n) is 17.0. The smallest absolute Gasteiger partial charge is 0.0465 e. The molecule has 63 heavy (non-hydrogen) atoms. The fourth-order valence-corrected chi connectivity index (χ4v) is 9.66. The largest absolute Gasteiger partial charge is 0.311 e. The van der Waals surface area contributed by atoms with Gasteiger partial charge >= 0.3 is 0 Å². The molecule has 2 heteroatoms. The standard InChI is InChI=1S/C61H46N2/c1-61(2)57-42-54(63(50-24-13-6-14-25-50)53-35-29-46(30-36-53)44-19-9-4-10-20-44)39-40-56(57)60-58(61)41-48-21-15-16-26-55(48)59(60)47-31-37-52(38-32-47)62(49-22-11-5-12-23-49)51-33-27-45(28-34-51)43-17-7-3-8-18-43/h3-42H,1-2H3. The van der Waals surface area contributed by atoms with Crippen molar-refractivity contribution in [1.29, 1.82) is 0 Å². The minimum Gasteiger partial charge on any atom is -0.311 e. The number of hydrogen-bond acceptors (Lipinski definition) is 2. The fraction of sp³-hybridized carbons (Fsp3) is 0.0492. The number of anilines is 6. The first-order valence-corrected chi connectivity index (χ1v) is 21.8. The summed E-state index contributed by atoms with van der Waals surface area (Å²) in [6, 6.07) is 88.1. The Kier molecular flexibility index (Phi) is 9.55. The zero-order valence-electron chi connectivity index (χ0n) is 35.5. The molecule has 2 nitrogen and oxygen atoms in total. The molecular weight excluding hydrogens is 761 g/mol. The Bertz CT molecular complexity index is 3190. The molecule has 0 bridgehead atoms. The molecule has 0 atom stereocenters. The van der Waals surface area contributed by atoms with E-state index in [4.69, 9.17) is 0 Å². The topological polar surface area (TPSA) is 6.48 Å². The first-order valence-electron chi connectivity index (χ1n) is 21.8. The van der Waals surface area contributed by atoms with Crippen LogP contribution in [0, 0.1) is 0 Å². The lowest BCUT2D eigenvalue weighted by molar-refractivity contribution is 0.661. The predicted octanol–water partition coefficient (Wildman–Crippen LogP) is 17.1. The molecule has 0 heterocycles. The summed E-state index contributed by atoms with van der Waals surface area (Å²) in [5, 5.41) is 2.52. The predicted molar refractivity (Wildman–Crippen MR) is 267 cm³/mol. The van der Waals surface area contributed by atoms with E-state index in [1.54, 1.807) is 0 Å². The summed E-state index contributed by atoms with van der Waals surface area (Å²) in [6.07, 6.45) is 0. The van der Waals surface area contributed by atoms with Crippen molar-refractivity contribution in [2.45, 2.75) is 19.3 Å². The Labute approximate surface area is 370 Å². The van der Waals surface area contributed by atoms with Crippen LogP contribution in [0.4, 0.5) is 34.1 Å². The first-order chi connectivity index (χ1) is 31.0. The molecule has 0 radical (unpaired) electrons. The maximum atomic E-state index is 2.44. The lowest BCUT2D eigenvalue weighted by Gasteiger charge is -2.28. The van der Waals surface area contributed by atoms with E-state index in [1.165, 1.54) is 66.4 Å². The molecule has 0 unspecified atom stereocenters. The van der Waals surface area contributed by atoms with Crippen LogP contribution >= 0.6 is 0 Å². The number of nitrogens with zero attached hydrogens (tertiary/aromatic N) is 2. The number of hydrogen-bond donors (Lipinski definition) is 0. The van der Waals surface area contributed by atoms with Gasteiger partial charge in [0.1, 0.15) is 0 Å². The molecule has 11 rings (SSSR count). The van der Waals surface area contributed by atoms with Gasteiger partial charge < -0.3 is 9.80 Å². The molecule has 0 saturated carbocycles. The van der Waals surface area contributed by atoms with Gasteiger partial charge in [-0.2, -0.15) is 0 Å². The van der Waals surface area contributed by atoms with Crippen molar-refractivity contribution in [2.75, 3.05) is 9.80 Å². The summed E-state index contributed by atoms with van der Waals surface area (Å²) in [5.41, 5.74) is 19.1. The van der Waals surface area contributed by atoms with Gasteiger partial charge in [0.2, 0.25) is 0 Å². The molecule has 10 aromatic rings. The van der Waals surface area contributed by atoms with E-state index >= 15 is 0 Å². The molecule has 0 saturated heterocycles. The van der Waals surface area contributed by atoms with Gasteiger partial charge in [-0.05, 0) is 145 Å². The van der Waals surface area contributed by atoms with E-state index in [9.17, 15) is 0 Å². The molecule has 300 valence electrons. The van der Waals surface area contributed by atoms with Crippen molar-refractivity contribution < 1.29 is 0 Å². The Hall–Kier alpha value is -7.94. The highest BCUT2D eigenvalue weighted by Crippen LogP contribution is 2.56. The lowest BCUT2D eigenvalue weighted by atomic mass is 9.80. The van der Waals surface area contributed by atoms with E-state index in [0.29, 0.717) is 0 Å². The number of para-hydroxylation sites is 2. The highest BCUT2D eigenvalue weighted by molar-refractivity contribution is 6.08. The first kappa shape index (κ1) is 38.0. The minimum absolute atomic E-state index is 0.241. The van der Waals surface area contributed by atoms with Crippen molar-refractivity contribution in [3.63, 3.8) is 0 Å². The van der Waals surface area contributed by atoms with Crippen LogP contribution in [0.5, 0.6) is 0 Å². The number of benzene rings is 10. The van der Waals surface area contributed by atoms with Crippen LogP contribution in [0.3, 0.4) is 0 Å². The maximum Gasteiger partial charge on any atom is 0.0465 e. The molecule has 0 aromatic heterocycles. The fourth-order valence-electron chi connectivity index (χ4n) is 9.66. The highest BCUT2D eigenvalue weighted by Gasteiger charge is 2.38. The quantitative estimate of drug-likeness (QED) is 0.143. The van der Waals surface area contributed by atoms with Crippen molar-refractivity contribution in [2.24, 2.45) is 0 Å². The summed E-state index contributed by atoms with van der Waals surface area (Å²) in [5.74, 6) is 0. The van der Waals surface area contributed by atoms with Crippen LogP contribution in [0.1, 0.15) is 25.0 Å². The van der Waals surface area contributed by atoms with Crippen molar-refractivity contribution in [3.8, 4) is 44.5 Å². The molecule has 10 aromatic carbocycles. The van der Waals surface area contributed by atoms with Gasteiger partial charge in [-0.1, -0.05) is 178 Å². The lowest BCUT2D eigenvalue weighted by Crippen LogP contribution is -2.16. The summed E-state index contributed by atoms with van der Waals surface area (Å²) >= 11 is 0. The van der Waals surface area contributed by atoms with Crippen LogP contribution in [0.2, 0.25) is 0 Å². The third-order valence-electron chi connectivity index (χ3n) is 12.8. The normalized spacial score (nSPS) is 12.4. The van der Waals surface area contributed by atoms with Crippen molar-refractivity contribution >= 4 is 44.9 Å². The Balaban J connectivity index is 1.01.